The van der Waals surface area contributed by atoms with Gasteiger partial charge in [-0.15, -0.1) is 0 Å². The second-order valence-corrected chi connectivity index (χ2v) is 6.24. The Kier molecular flexibility index (Phi) is 5.53. The molecule has 1 aliphatic rings. The summed E-state index contributed by atoms with van der Waals surface area (Å²) in [6, 6.07) is 5.18. The number of urea groups is 1. The van der Waals surface area contributed by atoms with Gasteiger partial charge < -0.3 is 20.5 Å². The number of hydrogen-bond donors (Lipinski definition) is 3. The molecule has 2 amide bonds. The quantitative estimate of drug-likeness (QED) is 0.779. The summed E-state index contributed by atoms with van der Waals surface area (Å²) >= 11 is 6.13. The van der Waals surface area contributed by atoms with Crippen LogP contribution in [0.4, 0.5) is 4.79 Å². The van der Waals surface area contributed by atoms with E-state index < -0.39 is 5.54 Å². The Morgan fingerprint density at radius 1 is 1.55 bits per heavy atom. The fraction of sp³-hybridized carbons (Fsp3) is 0.562. The van der Waals surface area contributed by atoms with Crippen LogP contribution in [0.2, 0.25) is 5.02 Å². The number of nitrogens with one attached hydrogen (secondary N) is 2. The third-order valence-electron chi connectivity index (χ3n) is 4.19. The lowest BCUT2D eigenvalue weighted by molar-refractivity contribution is 0.194. The lowest BCUT2D eigenvalue weighted by Gasteiger charge is -2.32. The van der Waals surface area contributed by atoms with E-state index in [4.69, 9.17) is 21.4 Å². The van der Waals surface area contributed by atoms with E-state index in [1.807, 2.05) is 26.0 Å². The molecule has 1 aromatic rings. The lowest BCUT2D eigenvalue weighted by Crippen LogP contribution is -2.51. The van der Waals surface area contributed by atoms with Gasteiger partial charge in [0.15, 0.2) is 0 Å². The first-order valence-electron chi connectivity index (χ1n) is 7.60. The fourth-order valence-electron chi connectivity index (χ4n) is 2.58. The van der Waals surface area contributed by atoms with E-state index in [9.17, 15) is 4.79 Å². The molecule has 0 bridgehead atoms. The molecule has 0 radical (unpaired) electrons. The number of rotatable bonds is 5. The number of halogens is 1. The number of hydrogen-bond acceptors (Lipinski definition) is 3. The van der Waals surface area contributed by atoms with Gasteiger partial charge >= 0.3 is 6.03 Å². The molecule has 2 unspecified atom stereocenters. The first-order chi connectivity index (χ1) is 10.5. The van der Waals surface area contributed by atoms with Crippen LogP contribution in [-0.2, 0) is 0 Å². The molecule has 0 fully saturated rings. The Balaban J connectivity index is 2.06. The monoisotopic (exact) mass is 326 g/mol. The van der Waals surface area contributed by atoms with E-state index in [-0.39, 0.29) is 18.7 Å². The second-order valence-electron chi connectivity index (χ2n) is 5.83. The Hall–Kier alpha value is -1.46. The summed E-state index contributed by atoms with van der Waals surface area (Å²) in [5, 5.41) is 15.6. The zero-order valence-corrected chi connectivity index (χ0v) is 13.7. The average Bonchev–Trinajstić information content (AvgIpc) is 2.48. The molecular formula is C16H23ClN2O3. The van der Waals surface area contributed by atoms with Crippen LogP contribution in [-0.4, -0.2) is 29.9 Å². The van der Waals surface area contributed by atoms with E-state index in [2.05, 4.69) is 10.6 Å². The van der Waals surface area contributed by atoms with Crippen LogP contribution >= 0.6 is 11.6 Å². The largest absolute Gasteiger partial charge is 0.492 e. The van der Waals surface area contributed by atoms with Crippen LogP contribution in [0.15, 0.2) is 18.2 Å². The van der Waals surface area contributed by atoms with Crippen molar-refractivity contribution in [3.8, 4) is 5.75 Å². The summed E-state index contributed by atoms with van der Waals surface area (Å²) in [6.45, 7) is 4.47. The normalized spacial score (nSPS) is 19.5. The van der Waals surface area contributed by atoms with Gasteiger partial charge in [-0.3, -0.25) is 0 Å². The van der Waals surface area contributed by atoms with E-state index in [0.717, 1.165) is 12.0 Å². The molecule has 122 valence electrons. The summed E-state index contributed by atoms with van der Waals surface area (Å²) in [7, 11) is 0. The smallest absolute Gasteiger partial charge is 0.315 e. The molecule has 0 saturated heterocycles. The highest BCUT2D eigenvalue weighted by Gasteiger charge is 2.28. The molecule has 1 aliphatic heterocycles. The molecule has 0 spiro atoms. The van der Waals surface area contributed by atoms with E-state index >= 15 is 0 Å². The van der Waals surface area contributed by atoms with Gasteiger partial charge in [0.25, 0.3) is 0 Å². The Bertz CT molecular complexity index is 538. The van der Waals surface area contributed by atoms with E-state index in [0.29, 0.717) is 30.2 Å². The van der Waals surface area contributed by atoms with Crippen molar-refractivity contribution < 1.29 is 14.6 Å². The van der Waals surface area contributed by atoms with Gasteiger partial charge in [-0.1, -0.05) is 30.7 Å². The van der Waals surface area contributed by atoms with Gasteiger partial charge in [0.1, 0.15) is 5.75 Å². The van der Waals surface area contributed by atoms with Crippen molar-refractivity contribution in [2.45, 2.75) is 44.7 Å². The summed E-state index contributed by atoms with van der Waals surface area (Å²) in [4.78, 5) is 12.3. The van der Waals surface area contributed by atoms with Crippen LogP contribution in [0.1, 0.15) is 44.7 Å². The Morgan fingerprint density at radius 2 is 2.32 bits per heavy atom. The predicted octanol–water partition coefficient (Wildman–Crippen LogP) is 3.01. The van der Waals surface area contributed by atoms with Gasteiger partial charge in [-0.2, -0.15) is 0 Å². The highest BCUT2D eigenvalue weighted by atomic mass is 35.5. The van der Waals surface area contributed by atoms with E-state index in [1.54, 1.807) is 6.07 Å². The summed E-state index contributed by atoms with van der Waals surface area (Å²) < 4.78 is 5.59. The number of fused-ring (bicyclic) bond motifs is 1. The maximum atomic E-state index is 12.3. The SMILES string of the molecule is CCC(C)(CCO)NC(=O)NC1CCOc2c(Cl)cccc21. The van der Waals surface area contributed by atoms with Gasteiger partial charge in [-0.25, -0.2) is 4.79 Å². The number of aliphatic hydroxyl groups excluding tert-OH is 1. The highest BCUT2D eigenvalue weighted by Crippen LogP contribution is 2.37. The standard InChI is InChI=1S/C16H23ClN2O3/c1-3-16(2,8-9-20)19-15(21)18-13-7-10-22-14-11(13)5-4-6-12(14)17/h4-6,13,20H,3,7-10H2,1-2H3,(H2,18,19,21). The number of ether oxygens (including phenoxy) is 1. The molecule has 1 aromatic carbocycles. The number of benzene rings is 1. The minimum absolute atomic E-state index is 0.0420. The molecule has 2 rings (SSSR count). The zero-order valence-electron chi connectivity index (χ0n) is 13.0. The van der Waals surface area contributed by atoms with Gasteiger partial charge in [0, 0.05) is 24.1 Å². The number of amides is 2. The average molecular weight is 327 g/mol. The van der Waals surface area contributed by atoms with Crippen LogP contribution < -0.4 is 15.4 Å². The second kappa shape index (κ2) is 7.20. The molecule has 22 heavy (non-hydrogen) atoms. The third-order valence-corrected chi connectivity index (χ3v) is 4.49. The number of carbonyl (C=O) groups is 1. The van der Waals surface area contributed by atoms with Gasteiger partial charge in [0.2, 0.25) is 0 Å². The molecule has 2 atom stereocenters. The first-order valence-corrected chi connectivity index (χ1v) is 7.97. The van der Waals surface area contributed by atoms with Crippen molar-refractivity contribution >= 4 is 17.6 Å². The maximum Gasteiger partial charge on any atom is 0.315 e. The fourth-order valence-corrected chi connectivity index (χ4v) is 2.82. The predicted molar refractivity (Wildman–Crippen MR) is 86.4 cm³/mol. The zero-order chi connectivity index (χ0) is 16.2. The molecule has 0 aliphatic carbocycles. The number of aliphatic hydroxyl groups is 1. The van der Waals surface area contributed by atoms with Crippen molar-refractivity contribution in [2.75, 3.05) is 13.2 Å². The summed E-state index contributed by atoms with van der Waals surface area (Å²) in [5.41, 5.74) is 0.482. The maximum absolute atomic E-state index is 12.3. The highest BCUT2D eigenvalue weighted by molar-refractivity contribution is 6.32. The molecule has 1 heterocycles. The summed E-state index contributed by atoms with van der Waals surface area (Å²) in [6.07, 6.45) is 1.97. The Morgan fingerprint density at radius 3 is 3.00 bits per heavy atom. The van der Waals surface area contributed by atoms with Crippen LogP contribution in [0, 0.1) is 0 Å². The molecule has 0 aromatic heterocycles. The van der Waals surface area contributed by atoms with Crippen molar-refractivity contribution in [3.63, 3.8) is 0 Å². The minimum Gasteiger partial charge on any atom is -0.492 e. The van der Waals surface area contributed by atoms with Crippen molar-refractivity contribution in [2.24, 2.45) is 0 Å². The Labute approximate surface area is 136 Å². The first kappa shape index (κ1) is 16.9. The molecule has 5 nitrogen and oxygen atoms in total. The molecule has 0 saturated carbocycles. The number of carbonyl (C=O) groups excluding carboxylic acids is 1. The van der Waals surface area contributed by atoms with Gasteiger partial charge in [-0.05, 0) is 25.8 Å². The van der Waals surface area contributed by atoms with Crippen molar-refractivity contribution in [1.82, 2.24) is 10.6 Å². The van der Waals surface area contributed by atoms with Crippen LogP contribution in [0.3, 0.4) is 0 Å². The van der Waals surface area contributed by atoms with Crippen molar-refractivity contribution in [1.29, 1.82) is 0 Å². The van der Waals surface area contributed by atoms with Crippen LogP contribution in [0.5, 0.6) is 5.75 Å². The summed E-state index contributed by atoms with van der Waals surface area (Å²) in [5.74, 6) is 0.648. The molecule has 6 heteroatoms. The topological polar surface area (TPSA) is 70.6 Å². The minimum atomic E-state index is -0.416. The van der Waals surface area contributed by atoms with Crippen LogP contribution in [0.25, 0.3) is 0 Å². The van der Waals surface area contributed by atoms with E-state index in [1.165, 1.54) is 0 Å². The van der Waals surface area contributed by atoms with Gasteiger partial charge in [0.05, 0.1) is 17.7 Å². The lowest BCUT2D eigenvalue weighted by atomic mass is 9.95. The molecule has 3 N–H and O–H groups in total. The molecular weight excluding hydrogens is 304 g/mol. The number of para-hydroxylation sites is 1. The third kappa shape index (κ3) is 3.84. The van der Waals surface area contributed by atoms with Crippen molar-refractivity contribution in [3.05, 3.63) is 28.8 Å².